The van der Waals surface area contributed by atoms with Crippen LogP contribution < -0.4 is 0 Å². The Hall–Kier alpha value is -4.16. The van der Waals surface area contributed by atoms with Gasteiger partial charge in [-0.1, -0.05) is 120 Å². The zero-order valence-electron chi connectivity index (χ0n) is 20.0. The molecule has 0 amide bonds. The molecule has 0 unspecified atom stereocenters. The van der Waals surface area contributed by atoms with Gasteiger partial charge in [-0.25, -0.2) is 0 Å². The highest BCUT2D eigenvalue weighted by molar-refractivity contribution is 5.91. The monoisotopic (exact) mass is 446 g/mol. The summed E-state index contributed by atoms with van der Waals surface area (Å²) < 4.78 is 0. The summed E-state index contributed by atoms with van der Waals surface area (Å²) in [5.74, 6) is 0. The quantitative estimate of drug-likeness (QED) is 0.249. The molecular formula is C35H26. The van der Waals surface area contributed by atoms with Gasteiger partial charge in [0, 0.05) is 0 Å². The molecule has 0 heteroatoms. The largest absolute Gasteiger partial charge is 0.0714 e. The molecule has 0 saturated carbocycles. The van der Waals surface area contributed by atoms with Gasteiger partial charge in [0.05, 0.1) is 5.41 Å². The van der Waals surface area contributed by atoms with Crippen molar-refractivity contribution in [3.63, 3.8) is 0 Å². The van der Waals surface area contributed by atoms with Crippen molar-refractivity contribution in [2.24, 2.45) is 0 Å². The molecular weight excluding hydrogens is 420 g/mol. The van der Waals surface area contributed by atoms with Crippen molar-refractivity contribution in [1.29, 1.82) is 0 Å². The van der Waals surface area contributed by atoms with Crippen LogP contribution in [0.3, 0.4) is 0 Å². The molecule has 166 valence electrons. The summed E-state index contributed by atoms with van der Waals surface area (Å²) in [6.07, 6.45) is 0. The van der Waals surface area contributed by atoms with Crippen molar-refractivity contribution >= 4 is 21.5 Å². The van der Waals surface area contributed by atoms with Crippen molar-refractivity contribution in [3.8, 4) is 11.1 Å². The molecule has 0 fully saturated rings. The second-order valence-corrected chi connectivity index (χ2v) is 9.97. The highest BCUT2D eigenvalue weighted by atomic mass is 14.5. The number of hydrogen-bond acceptors (Lipinski definition) is 0. The van der Waals surface area contributed by atoms with E-state index in [9.17, 15) is 0 Å². The number of rotatable bonds is 2. The van der Waals surface area contributed by atoms with Gasteiger partial charge in [0.15, 0.2) is 0 Å². The first kappa shape index (κ1) is 20.2. The second-order valence-electron chi connectivity index (χ2n) is 9.97. The molecule has 7 rings (SSSR count). The number of hydrogen-bond donors (Lipinski definition) is 0. The van der Waals surface area contributed by atoms with Gasteiger partial charge in [0.25, 0.3) is 0 Å². The van der Waals surface area contributed by atoms with Crippen molar-refractivity contribution in [3.05, 3.63) is 155 Å². The topological polar surface area (TPSA) is 0 Å². The highest BCUT2D eigenvalue weighted by Gasteiger charge is 2.46. The third kappa shape index (κ3) is 2.87. The molecule has 0 aliphatic heterocycles. The molecule has 1 aliphatic carbocycles. The first-order valence-electron chi connectivity index (χ1n) is 12.4. The maximum Gasteiger partial charge on any atom is 0.0714 e. The van der Waals surface area contributed by atoms with Gasteiger partial charge in [0.2, 0.25) is 0 Å². The van der Waals surface area contributed by atoms with Gasteiger partial charge >= 0.3 is 0 Å². The lowest BCUT2D eigenvalue weighted by Crippen LogP contribution is -2.28. The van der Waals surface area contributed by atoms with Crippen LogP contribution in [0, 0.1) is 13.8 Å². The van der Waals surface area contributed by atoms with Gasteiger partial charge < -0.3 is 0 Å². The molecule has 0 spiro atoms. The van der Waals surface area contributed by atoms with Crippen LogP contribution in [0.1, 0.15) is 33.4 Å². The average molecular weight is 447 g/mol. The minimum Gasteiger partial charge on any atom is -0.0616 e. The maximum atomic E-state index is 2.41. The molecule has 0 bridgehead atoms. The van der Waals surface area contributed by atoms with Gasteiger partial charge in [-0.15, -0.1) is 0 Å². The molecule has 0 N–H and O–H groups in total. The van der Waals surface area contributed by atoms with Gasteiger partial charge in [-0.05, 0) is 80.9 Å². The molecule has 0 saturated heterocycles. The lowest BCUT2D eigenvalue weighted by Gasteiger charge is -2.34. The average Bonchev–Trinajstić information content (AvgIpc) is 3.17. The Morgan fingerprint density at radius 3 is 1.29 bits per heavy atom. The highest BCUT2D eigenvalue weighted by Crippen LogP contribution is 2.57. The van der Waals surface area contributed by atoms with E-state index >= 15 is 0 Å². The van der Waals surface area contributed by atoms with E-state index in [0.717, 1.165) is 0 Å². The number of fused-ring (bicyclic) bond motifs is 5. The fourth-order valence-corrected chi connectivity index (χ4v) is 6.19. The van der Waals surface area contributed by atoms with E-state index < -0.39 is 0 Å². The van der Waals surface area contributed by atoms with Crippen LogP contribution >= 0.6 is 0 Å². The Bertz CT molecular complexity index is 1640. The molecule has 6 aromatic rings. The van der Waals surface area contributed by atoms with E-state index in [2.05, 4.69) is 135 Å². The van der Waals surface area contributed by atoms with E-state index in [1.54, 1.807) is 0 Å². The van der Waals surface area contributed by atoms with E-state index in [4.69, 9.17) is 0 Å². The van der Waals surface area contributed by atoms with Gasteiger partial charge in [-0.3, -0.25) is 0 Å². The zero-order chi connectivity index (χ0) is 23.6. The fourth-order valence-electron chi connectivity index (χ4n) is 6.19. The van der Waals surface area contributed by atoms with Crippen molar-refractivity contribution in [2.75, 3.05) is 0 Å². The van der Waals surface area contributed by atoms with Crippen LogP contribution in [0.15, 0.2) is 121 Å². The SMILES string of the molecule is Cc1ccc2c(c1)C(c1ccc3ccccc3c1)(c1ccc3ccccc3c1)c1cc(C)ccc1-2. The van der Waals surface area contributed by atoms with Crippen molar-refractivity contribution < 1.29 is 0 Å². The number of aryl methyl sites for hydroxylation is 2. The maximum absolute atomic E-state index is 2.41. The molecule has 0 aromatic heterocycles. The van der Waals surface area contributed by atoms with E-state index in [1.165, 1.54) is 66.1 Å². The molecule has 1 aliphatic rings. The Labute approximate surface area is 206 Å². The summed E-state index contributed by atoms with van der Waals surface area (Å²) in [5, 5.41) is 5.11. The standard InChI is InChI=1S/C35H26/c1-23-11-17-31-32-18-12-24(2)20-34(32)35(33(31)19-23,29-15-13-25-7-3-5-9-27(25)21-29)30-16-14-26-8-4-6-10-28(26)22-30/h3-22H,1-2H3. The second kappa shape index (κ2) is 7.42. The third-order valence-corrected chi connectivity index (χ3v) is 7.81. The summed E-state index contributed by atoms with van der Waals surface area (Å²) in [6, 6.07) is 45.4. The van der Waals surface area contributed by atoms with E-state index in [0.29, 0.717) is 0 Å². The first-order valence-corrected chi connectivity index (χ1v) is 12.4. The fraction of sp³-hybridized carbons (Fsp3) is 0.0857. The van der Waals surface area contributed by atoms with Crippen molar-refractivity contribution in [2.45, 2.75) is 19.3 Å². The predicted molar refractivity (Wildman–Crippen MR) is 148 cm³/mol. The first-order chi connectivity index (χ1) is 17.1. The summed E-state index contributed by atoms with van der Waals surface area (Å²) in [7, 11) is 0. The van der Waals surface area contributed by atoms with E-state index in [1.807, 2.05) is 0 Å². The lowest BCUT2D eigenvalue weighted by molar-refractivity contribution is 0.769. The van der Waals surface area contributed by atoms with E-state index in [-0.39, 0.29) is 5.41 Å². The molecule has 0 heterocycles. The van der Waals surface area contributed by atoms with Crippen LogP contribution in [0.5, 0.6) is 0 Å². The Balaban J connectivity index is 1.67. The normalized spacial score (nSPS) is 13.7. The molecule has 6 aromatic carbocycles. The molecule has 0 atom stereocenters. The summed E-state index contributed by atoms with van der Waals surface area (Å²) in [5.41, 5.74) is 10.3. The minimum absolute atomic E-state index is 0.378. The third-order valence-electron chi connectivity index (χ3n) is 7.81. The Kier molecular flexibility index (Phi) is 4.29. The zero-order valence-corrected chi connectivity index (χ0v) is 20.0. The summed E-state index contributed by atoms with van der Waals surface area (Å²) in [4.78, 5) is 0. The summed E-state index contributed by atoms with van der Waals surface area (Å²) >= 11 is 0. The molecule has 0 nitrogen and oxygen atoms in total. The van der Waals surface area contributed by atoms with Crippen LogP contribution in [-0.2, 0) is 5.41 Å². The molecule has 35 heavy (non-hydrogen) atoms. The smallest absolute Gasteiger partial charge is 0.0616 e. The minimum atomic E-state index is -0.378. The van der Waals surface area contributed by atoms with Gasteiger partial charge in [0.1, 0.15) is 0 Å². The van der Waals surface area contributed by atoms with Crippen molar-refractivity contribution in [1.82, 2.24) is 0 Å². The lowest BCUT2D eigenvalue weighted by atomic mass is 9.67. The van der Waals surface area contributed by atoms with Gasteiger partial charge in [-0.2, -0.15) is 0 Å². The Morgan fingerprint density at radius 2 is 0.829 bits per heavy atom. The Morgan fingerprint density at radius 1 is 0.400 bits per heavy atom. The summed E-state index contributed by atoms with van der Waals surface area (Å²) in [6.45, 7) is 4.42. The van der Waals surface area contributed by atoms with Crippen LogP contribution in [0.4, 0.5) is 0 Å². The number of benzene rings is 6. The van der Waals surface area contributed by atoms with Crippen LogP contribution in [-0.4, -0.2) is 0 Å². The van der Waals surface area contributed by atoms with Crippen LogP contribution in [0.25, 0.3) is 32.7 Å². The van der Waals surface area contributed by atoms with Crippen LogP contribution in [0.2, 0.25) is 0 Å². The predicted octanol–water partition coefficient (Wildman–Crippen LogP) is 8.97. The molecule has 0 radical (unpaired) electrons.